The minimum atomic E-state index is -0.136. The molecular formula is C9H13NO3S. The van der Waals surface area contributed by atoms with Crippen molar-refractivity contribution in [3.05, 3.63) is 22.4 Å². The van der Waals surface area contributed by atoms with Gasteiger partial charge in [-0.3, -0.25) is 4.79 Å². The van der Waals surface area contributed by atoms with E-state index in [4.69, 9.17) is 10.2 Å². The molecule has 0 radical (unpaired) electrons. The number of hydrogen-bond acceptors (Lipinski definition) is 4. The number of nitrogens with zero attached hydrogens (tertiary/aromatic N) is 1. The van der Waals surface area contributed by atoms with Crippen LogP contribution in [0.15, 0.2) is 17.5 Å². The second-order valence-electron chi connectivity index (χ2n) is 2.72. The minimum absolute atomic E-state index is 0.0862. The predicted octanol–water partition coefficient (Wildman–Crippen LogP) is 0.175. The number of carbonyl (C=O) groups excluding carboxylic acids is 1. The zero-order valence-corrected chi connectivity index (χ0v) is 8.54. The first kappa shape index (κ1) is 11.2. The molecule has 0 bridgehead atoms. The van der Waals surface area contributed by atoms with Crippen LogP contribution in [0.3, 0.4) is 0 Å². The van der Waals surface area contributed by atoms with Crippen molar-refractivity contribution in [2.24, 2.45) is 0 Å². The summed E-state index contributed by atoms with van der Waals surface area (Å²) in [5.74, 6) is -0.136. The molecule has 0 aliphatic rings. The first-order valence-corrected chi connectivity index (χ1v) is 5.22. The maximum Gasteiger partial charge on any atom is 0.264 e. The maximum atomic E-state index is 11.7. The van der Waals surface area contributed by atoms with Crippen LogP contribution < -0.4 is 0 Å². The normalized spacial score (nSPS) is 10.1. The van der Waals surface area contributed by atoms with E-state index in [0.29, 0.717) is 4.88 Å². The van der Waals surface area contributed by atoms with Crippen molar-refractivity contribution in [1.82, 2.24) is 4.90 Å². The van der Waals surface area contributed by atoms with Gasteiger partial charge in [0.2, 0.25) is 0 Å². The van der Waals surface area contributed by atoms with E-state index < -0.39 is 0 Å². The van der Waals surface area contributed by atoms with Crippen LogP contribution in [0.2, 0.25) is 0 Å². The fourth-order valence-corrected chi connectivity index (χ4v) is 1.80. The Balaban J connectivity index is 2.63. The van der Waals surface area contributed by atoms with Crippen LogP contribution in [0.4, 0.5) is 0 Å². The molecule has 0 aliphatic heterocycles. The lowest BCUT2D eigenvalue weighted by molar-refractivity contribution is 0.0689. The molecule has 0 aliphatic carbocycles. The lowest BCUT2D eigenvalue weighted by Gasteiger charge is -2.19. The lowest BCUT2D eigenvalue weighted by atomic mass is 10.4. The number of aliphatic hydroxyl groups is 2. The van der Waals surface area contributed by atoms with E-state index in [1.165, 1.54) is 16.2 Å². The highest BCUT2D eigenvalue weighted by Gasteiger charge is 2.14. The monoisotopic (exact) mass is 215 g/mol. The third kappa shape index (κ3) is 2.80. The third-order valence-electron chi connectivity index (χ3n) is 1.76. The molecule has 0 saturated heterocycles. The summed E-state index contributed by atoms with van der Waals surface area (Å²) in [6.45, 7) is 0.350. The summed E-state index contributed by atoms with van der Waals surface area (Å²) < 4.78 is 0. The molecule has 1 aromatic rings. The van der Waals surface area contributed by atoms with Crippen molar-refractivity contribution in [2.45, 2.75) is 0 Å². The fraction of sp³-hybridized carbons (Fsp3) is 0.444. The Morgan fingerprint density at radius 3 is 2.43 bits per heavy atom. The lowest BCUT2D eigenvalue weighted by Crippen LogP contribution is -2.35. The summed E-state index contributed by atoms with van der Waals surface area (Å²) >= 11 is 1.36. The molecule has 0 fully saturated rings. The molecular weight excluding hydrogens is 202 g/mol. The van der Waals surface area contributed by atoms with Gasteiger partial charge in [-0.2, -0.15) is 0 Å². The van der Waals surface area contributed by atoms with Crippen LogP contribution in [0, 0.1) is 0 Å². The van der Waals surface area contributed by atoms with Crippen molar-refractivity contribution < 1.29 is 15.0 Å². The van der Waals surface area contributed by atoms with Gasteiger partial charge in [-0.05, 0) is 11.4 Å². The van der Waals surface area contributed by atoms with Gasteiger partial charge in [-0.1, -0.05) is 6.07 Å². The maximum absolute atomic E-state index is 11.7. The van der Waals surface area contributed by atoms with E-state index in [1.54, 1.807) is 12.1 Å². The molecule has 1 heterocycles. The van der Waals surface area contributed by atoms with Gasteiger partial charge < -0.3 is 15.1 Å². The summed E-state index contributed by atoms with van der Waals surface area (Å²) in [5.41, 5.74) is 0. The quantitative estimate of drug-likeness (QED) is 0.736. The second-order valence-corrected chi connectivity index (χ2v) is 3.66. The summed E-state index contributed by atoms with van der Waals surface area (Å²) in [7, 11) is 0. The van der Waals surface area contributed by atoms with Crippen LogP contribution in [-0.4, -0.2) is 47.3 Å². The van der Waals surface area contributed by atoms with Crippen molar-refractivity contribution in [2.75, 3.05) is 26.3 Å². The molecule has 1 rings (SSSR count). The van der Waals surface area contributed by atoms with E-state index >= 15 is 0 Å². The molecule has 0 atom stereocenters. The first-order valence-electron chi connectivity index (χ1n) is 4.34. The van der Waals surface area contributed by atoms with Crippen molar-refractivity contribution in [3.8, 4) is 0 Å². The molecule has 2 N–H and O–H groups in total. The molecule has 1 aromatic heterocycles. The van der Waals surface area contributed by atoms with Crippen LogP contribution in [-0.2, 0) is 0 Å². The summed E-state index contributed by atoms with van der Waals surface area (Å²) in [6, 6.07) is 3.53. The van der Waals surface area contributed by atoms with E-state index in [1.807, 2.05) is 5.38 Å². The van der Waals surface area contributed by atoms with Gasteiger partial charge in [0.05, 0.1) is 18.1 Å². The van der Waals surface area contributed by atoms with Crippen molar-refractivity contribution >= 4 is 17.2 Å². The second kappa shape index (κ2) is 5.74. The average molecular weight is 215 g/mol. The Hall–Kier alpha value is -0.910. The number of aliphatic hydroxyl groups excluding tert-OH is 2. The molecule has 5 heteroatoms. The van der Waals surface area contributed by atoms with Crippen LogP contribution >= 0.6 is 11.3 Å². The first-order chi connectivity index (χ1) is 6.79. The van der Waals surface area contributed by atoms with Crippen LogP contribution in [0.5, 0.6) is 0 Å². The third-order valence-corrected chi connectivity index (χ3v) is 2.62. The summed E-state index contributed by atoms with van der Waals surface area (Å²) in [4.78, 5) is 13.8. The Kier molecular flexibility index (Phi) is 4.58. The molecule has 78 valence electrons. The Morgan fingerprint density at radius 2 is 2.00 bits per heavy atom. The zero-order valence-electron chi connectivity index (χ0n) is 7.72. The molecule has 0 unspecified atom stereocenters. The number of thiophene rings is 1. The van der Waals surface area contributed by atoms with Gasteiger partial charge in [-0.25, -0.2) is 0 Å². The fourth-order valence-electron chi connectivity index (χ4n) is 1.11. The highest BCUT2D eigenvalue weighted by Crippen LogP contribution is 2.11. The van der Waals surface area contributed by atoms with Gasteiger partial charge in [0.25, 0.3) is 5.91 Å². The summed E-state index contributed by atoms with van der Waals surface area (Å²) in [5, 5.41) is 19.3. The minimum Gasteiger partial charge on any atom is -0.395 e. The van der Waals surface area contributed by atoms with Gasteiger partial charge in [0, 0.05) is 13.1 Å². The largest absolute Gasteiger partial charge is 0.395 e. The van der Waals surface area contributed by atoms with Gasteiger partial charge in [-0.15, -0.1) is 11.3 Å². The number of amides is 1. The number of carbonyl (C=O) groups is 1. The Bertz CT molecular complexity index is 268. The summed E-state index contributed by atoms with van der Waals surface area (Å²) in [6.07, 6.45) is 0. The standard InChI is InChI=1S/C9H13NO3S/c11-5-3-10(4-6-12)9(13)8-2-1-7-14-8/h1-2,7,11-12H,3-6H2. The highest BCUT2D eigenvalue weighted by molar-refractivity contribution is 7.12. The van der Waals surface area contributed by atoms with E-state index in [9.17, 15) is 4.79 Å². The van der Waals surface area contributed by atoms with Crippen LogP contribution in [0.25, 0.3) is 0 Å². The number of hydrogen-bond donors (Lipinski definition) is 2. The topological polar surface area (TPSA) is 60.8 Å². The van der Waals surface area contributed by atoms with E-state index in [0.717, 1.165) is 0 Å². The Morgan fingerprint density at radius 1 is 1.36 bits per heavy atom. The molecule has 4 nitrogen and oxygen atoms in total. The highest BCUT2D eigenvalue weighted by atomic mass is 32.1. The molecule has 0 aromatic carbocycles. The average Bonchev–Trinajstić information content (AvgIpc) is 2.69. The SMILES string of the molecule is O=C(c1cccs1)N(CCO)CCO. The predicted molar refractivity (Wildman–Crippen MR) is 54.4 cm³/mol. The van der Waals surface area contributed by atoms with Gasteiger partial charge in [0.1, 0.15) is 0 Å². The van der Waals surface area contributed by atoms with Gasteiger partial charge >= 0.3 is 0 Å². The van der Waals surface area contributed by atoms with E-state index in [-0.39, 0.29) is 32.2 Å². The molecule has 14 heavy (non-hydrogen) atoms. The van der Waals surface area contributed by atoms with Crippen molar-refractivity contribution in [1.29, 1.82) is 0 Å². The van der Waals surface area contributed by atoms with Crippen molar-refractivity contribution in [3.63, 3.8) is 0 Å². The molecule has 1 amide bonds. The molecule has 0 saturated carbocycles. The zero-order chi connectivity index (χ0) is 10.4. The molecule has 0 spiro atoms. The Labute approximate surface area is 86.4 Å². The van der Waals surface area contributed by atoms with Crippen LogP contribution in [0.1, 0.15) is 9.67 Å². The van der Waals surface area contributed by atoms with E-state index in [2.05, 4.69) is 0 Å². The van der Waals surface area contributed by atoms with Gasteiger partial charge in [0.15, 0.2) is 0 Å². The smallest absolute Gasteiger partial charge is 0.264 e. The number of rotatable bonds is 5.